The molecule has 0 unspecified atom stereocenters. The molecule has 98 valence electrons. The summed E-state index contributed by atoms with van der Waals surface area (Å²) < 4.78 is 0. The van der Waals surface area contributed by atoms with Crippen LogP contribution in [0, 0.1) is 0 Å². The Labute approximate surface area is 107 Å². The van der Waals surface area contributed by atoms with Gasteiger partial charge < -0.3 is 10.2 Å². The molecule has 1 aliphatic rings. The number of hydrogen-bond donors (Lipinski definition) is 2. The first kappa shape index (κ1) is 12.7. The number of hydrogen-bond acceptors (Lipinski definition) is 2. The van der Waals surface area contributed by atoms with Gasteiger partial charge in [-0.05, 0) is 25.8 Å². The van der Waals surface area contributed by atoms with Crippen molar-refractivity contribution in [1.29, 1.82) is 0 Å². The first-order valence-electron chi connectivity index (χ1n) is 6.38. The van der Waals surface area contributed by atoms with Crippen LogP contribution in [-0.4, -0.2) is 40.3 Å². The third kappa shape index (κ3) is 2.91. The molecule has 2 amide bonds. The van der Waals surface area contributed by atoms with Crippen molar-refractivity contribution in [3.05, 3.63) is 30.6 Å². The maximum Gasteiger partial charge on any atom is 0.317 e. The number of urea groups is 1. The normalized spacial score (nSPS) is 18.4. The second kappa shape index (κ2) is 5.71. The average Bonchev–Trinajstić information content (AvgIpc) is 2.92. The van der Waals surface area contributed by atoms with E-state index in [0.29, 0.717) is 5.92 Å². The number of carbonyl (C=O) groups is 1. The molecule has 2 heterocycles. The minimum absolute atomic E-state index is 0.00506. The second-order valence-electron chi connectivity index (χ2n) is 4.75. The van der Waals surface area contributed by atoms with Gasteiger partial charge in [0.2, 0.25) is 0 Å². The fourth-order valence-corrected chi connectivity index (χ4v) is 2.23. The number of likely N-dealkylation sites (tertiary alicyclic amines) is 1. The van der Waals surface area contributed by atoms with Gasteiger partial charge in [-0.2, -0.15) is 5.10 Å². The first-order valence-corrected chi connectivity index (χ1v) is 6.38. The summed E-state index contributed by atoms with van der Waals surface area (Å²) in [6, 6.07) is 2.04. The Morgan fingerprint density at radius 3 is 2.94 bits per heavy atom. The van der Waals surface area contributed by atoms with Crippen LogP contribution in [0.15, 0.2) is 24.9 Å². The molecule has 5 nitrogen and oxygen atoms in total. The van der Waals surface area contributed by atoms with E-state index >= 15 is 0 Å². The molecule has 0 saturated carbocycles. The van der Waals surface area contributed by atoms with E-state index in [0.717, 1.165) is 25.9 Å². The van der Waals surface area contributed by atoms with Crippen LogP contribution in [0.25, 0.3) is 0 Å². The molecule has 18 heavy (non-hydrogen) atoms. The Morgan fingerprint density at radius 2 is 2.39 bits per heavy atom. The van der Waals surface area contributed by atoms with E-state index in [1.807, 2.05) is 17.9 Å². The molecule has 1 fully saturated rings. The van der Waals surface area contributed by atoms with Crippen LogP contribution in [-0.2, 0) is 0 Å². The fourth-order valence-electron chi connectivity index (χ4n) is 2.23. The smallest absolute Gasteiger partial charge is 0.317 e. The predicted molar refractivity (Wildman–Crippen MR) is 70.3 cm³/mol. The average molecular weight is 248 g/mol. The fraction of sp³-hybridized carbons (Fsp3) is 0.538. The van der Waals surface area contributed by atoms with E-state index in [2.05, 4.69) is 22.1 Å². The molecule has 1 aromatic heterocycles. The number of piperidine rings is 1. The Hall–Kier alpha value is -1.78. The van der Waals surface area contributed by atoms with Crippen LogP contribution in [0.1, 0.15) is 31.4 Å². The highest BCUT2D eigenvalue weighted by Gasteiger charge is 2.24. The van der Waals surface area contributed by atoms with Crippen molar-refractivity contribution >= 4 is 6.03 Å². The highest BCUT2D eigenvalue weighted by Crippen LogP contribution is 2.26. The zero-order valence-electron chi connectivity index (χ0n) is 10.7. The number of nitrogens with one attached hydrogen (secondary N) is 2. The largest absolute Gasteiger partial charge is 0.332 e. The molecule has 1 atom stereocenters. The summed E-state index contributed by atoms with van der Waals surface area (Å²) in [7, 11) is 0. The zero-order chi connectivity index (χ0) is 13.0. The molecule has 0 aliphatic carbocycles. The standard InChI is InChI=1S/C13H20N4O/c1-3-10(2)15-13(18)17-8-5-11(6-9-17)12-4-7-14-16-12/h3-4,7,10-11H,1,5-6,8-9H2,2H3,(H,14,16)(H,15,18)/t10-/m1/s1. The van der Waals surface area contributed by atoms with Crippen molar-refractivity contribution < 1.29 is 4.79 Å². The van der Waals surface area contributed by atoms with E-state index in [1.54, 1.807) is 12.3 Å². The lowest BCUT2D eigenvalue weighted by Gasteiger charge is -2.32. The molecular formula is C13H20N4O. The van der Waals surface area contributed by atoms with Crippen LogP contribution in [0.2, 0.25) is 0 Å². The second-order valence-corrected chi connectivity index (χ2v) is 4.75. The van der Waals surface area contributed by atoms with Crippen molar-refractivity contribution in [2.75, 3.05) is 13.1 Å². The number of aromatic nitrogens is 2. The van der Waals surface area contributed by atoms with Crippen molar-refractivity contribution in [2.24, 2.45) is 0 Å². The van der Waals surface area contributed by atoms with E-state index < -0.39 is 0 Å². The van der Waals surface area contributed by atoms with Gasteiger partial charge in [0.1, 0.15) is 0 Å². The molecule has 0 radical (unpaired) electrons. The Morgan fingerprint density at radius 1 is 1.67 bits per heavy atom. The summed E-state index contributed by atoms with van der Waals surface area (Å²) in [6.07, 6.45) is 5.48. The monoisotopic (exact) mass is 248 g/mol. The van der Waals surface area contributed by atoms with Gasteiger partial charge in [0.15, 0.2) is 0 Å². The quantitative estimate of drug-likeness (QED) is 0.802. The van der Waals surface area contributed by atoms with Crippen molar-refractivity contribution in [1.82, 2.24) is 20.4 Å². The molecule has 1 aliphatic heterocycles. The number of carbonyl (C=O) groups excluding carboxylic acids is 1. The molecular weight excluding hydrogens is 228 g/mol. The minimum atomic E-state index is 0.00506. The maximum atomic E-state index is 11.9. The molecule has 0 spiro atoms. The van der Waals surface area contributed by atoms with Crippen molar-refractivity contribution in [3.63, 3.8) is 0 Å². The summed E-state index contributed by atoms with van der Waals surface area (Å²) in [5.74, 6) is 0.494. The number of amides is 2. The van der Waals surface area contributed by atoms with Gasteiger partial charge in [-0.15, -0.1) is 6.58 Å². The summed E-state index contributed by atoms with van der Waals surface area (Å²) in [4.78, 5) is 13.8. The Balaban J connectivity index is 1.83. The summed E-state index contributed by atoms with van der Waals surface area (Å²) in [5.41, 5.74) is 1.18. The number of nitrogens with zero attached hydrogens (tertiary/aromatic N) is 2. The molecule has 2 N–H and O–H groups in total. The van der Waals surface area contributed by atoms with Crippen LogP contribution in [0.5, 0.6) is 0 Å². The van der Waals surface area contributed by atoms with Crippen LogP contribution in [0.3, 0.4) is 0 Å². The van der Waals surface area contributed by atoms with E-state index in [1.165, 1.54) is 5.69 Å². The molecule has 5 heteroatoms. The van der Waals surface area contributed by atoms with Gasteiger partial charge in [0.05, 0.1) is 0 Å². The highest BCUT2D eigenvalue weighted by molar-refractivity contribution is 5.74. The lowest BCUT2D eigenvalue weighted by Crippen LogP contribution is -2.46. The van der Waals surface area contributed by atoms with Crippen molar-refractivity contribution in [2.45, 2.75) is 31.7 Å². The molecule has 0 aromatic carbocycles. The summed E-state index contributed by atoms with van der Waals surface area (Å²) >= 11 is 0. The van der Waals surface area contributed by atoms with Crippen molar-refractivity contribution in [3.8, 4) is 0 Å². The van der Waals surface area contributed by atoms with E-state index in [-0.39, 0.29) is 12.1 Å². The SMILES string of the molecule is C=C[C@@H](C)NC(=O)N1CCC(c2ccn[nH]2)CC1. The number of rotatable bonds is 3. The third-order valence-corrected chi connectivity index (χ3v) is 3.45. The predicted octanol–water partition coefficient (Wildman–Crippen LogP) is 1.87. The van der Waals surface area contributed by atoms with Crippen LogP contribution < -0.4 is 5.32 Å². The zero-order valence-corrected chi connectivity index (χ0v) is 10.7. The summed E-state index contributed by atoms with van der Waals surface area (Å²) in [5, 5.41) is 9.88. The Bertz CT molecular complexity index is 393. The molecule has 1 aromatic rings. The first-order chi connectivity index (χ1) is 8.70. The molecule has 0 bridgehead atoms. The topological polar surface area (TPSA) is 61.0 Å². The highest BCUT2D eigenvalue weighted by atomic mass is 16.2. The minimum Gasteiger partial charge on any atom is -0.332 e. The Kier molecular flexibility index (Phi) is 4.02. The lowest BCUT2D eigenvalue weighted by molar-refractivity contribution is 0.179. The van der Waals surface area contributed by atoms with Gasteiger partial charge in [-0.1, -0.05) is 6.08 Å². The van der Waals surface area contributed by atoms with Crippen LogP contribution in [0.4, 0.5) is 4.79 Å². The van der Waals surface area contributed by atoms with Gasteiger partial charge in [0.25, 0.3) is 0 Å². The van der Waals surface area contributed by atoms with Gasteiger partial charge >= 0.3 is 6.03 Å². The van der Waals surface area contributed by atoms with Gasteiger partial charge in [-0.3, -0.25) is 5.10 Å². The summed E-state index contributed by atoms with van der Waals surface area (Å²) in [6.45, 7) is 7.16. The third-order valence-electron chi connectivity index (χ3n) is 3.45. The van der Waals surface area contributed by atoms with Crippen LogP contribution >= 0.6 is 0 Å². The van der Waals surface area contributed by atoms with Gasteiger partial charge in [-0.25, -0.2) is 4.79 Å². The lowest BCUT2D eigenvalue weighted by atomic mass is 9.94. The van der Waals surface area contributed by atoms with E-state index in [4.69, 9.17) is 0 Å². The van der Waals surface area contributed by atoms with E-state index in [9.17, 15) is 4.79 Å². The molecule has 1 saturated heterocycles. The number of H-pyrrole nitrogens is 1. The number of aromatic amines is 1. The van der Waals surface area contributed by atoms with Gasteiger partial charge in [0, 0.05) is 36.9 Å². The maximum absolute atomic E-state index is 11.9. The molecule has 2 rings (SSSR count).